The van der Waals surface area contributed by atoms with Crippen molar-refractivity contribution in [3.63, 3.8) is 0 Å². The van der Waals surface area contributed by atoms with Gasteiger partial charge in [0, 0.05) is 37.2 Å². The monoisotopic (exact) mass is 389 g/mol. The molecule has 0 saturated carbocycles. The van der Waals surface area contributed by atoms with Crippen molar-refractivity contribution in [2.45, 2.75) is 26.2 Å². The minimum atomic E-state index is -0.167. The average molecular weight is 390 g/mol. The van der Waals surface area contributed by atoms with E-state index < -0.39 is 0 Å². The van der Waals surface area contributed by atoms with Gasteiger partial charge in [-0.1, -0.05) is 37.3 Å². The molecule has 3 aromatic rings. The Morgan fingerprint density at radius 2 is 1.66 bits per heavy atom. The Morgan fingerprint density at radius 1 is 1.00 bits per heavy atom. The van der Waals surface area contributed by atoms with Crippen LogP contribution in [0.15, 0.2) is 60.7 Å². The van der Waals surface area contributed by atoms with Gasteiger partial charge in [0.1, 0.15) is 5.82 Å². The molecular weight excluding hydrogens is 362 g/mol. The number of benzene rings is 2. The molecule has 0 spiro atoms. The average Bonchev–Trinajstić information content (AvgIpc) is 2.70. The number of carbonyl (C=O) groups excluding carboxylic acids is 1. The molecule has 1 aromatic heterocycles. The smallest absolute Gasteiger partial charge is 0.231 e. The van der Waals surface area contributed by atoms with E-state index >= 15 is 0 Å². The third-order valence-electron chi connectivity index (χ3n) is 4.63. The molecular formula is C23H27N5O. The van der Waals surface area contributed by atoms with Gasteiger partial charge < -0.3 is 15.5 Å². The first-order valence-corrected chi connectivity index (χ1v) is 9.72. The van der Waals surface area contributed by atoms with E-state index in [4.69, 9.17) is 0 Å². The molecule has 0 aliphatic rings. The highest BCUT2D eigenvalue weighted by molar-refractivity contribution is 5.96. The van der Waals surface area contributed by atoms with E-state index in [1.807, 2.05) is 93.5 Å². The van der Waals surface area contributed by atoms with Gasteiger partial charge in [-0.05, 0) is 43.2 Å². The molecule has 6 nitrogen and oxygen atoms in total. The minimum Gasteiger partial charge on any atom is -0.363 e. The maximum atomic E-state index is 12.7. The Balaban J connectivity index is 1.68. The molecule has 1 amide bonds. The zero-order valence-corrected chi connectivity index (χ0v) is 17.3. The van der Waals surface area contributed by atoms with E-state index in [1.54, 1.807) is 0 Å². The quantitative estimate of drug-likeness (QED) is 0.611. The lowest BCUT2D eigenvalue weighted by Gasteiger charge is -2.16. The van der Waals surface area contributed by atoms with Crippen molar-refractivity contribution < 1.29 is 4.79 Å². The Kier molecular flexibility index (Phi) is 6.44. The van der Waals surface area contributed by atoms with Crippen molar-refractivity contribution in [1.82, 2.24) is 9.97 Å². The summed E-state index contributed by atoms with van der Waals surface area (Å²) in [6, 6.07) is 19.3. The Labute approximate surface area is 172 Å². The summed E-state index contributed by atoms with van der Waals surface area (Å²) in [5, 5.41) is 6.23. The summed E-state index contributed by atoms with van der Waals surface area (Å²) in [5.74, 6) is 1.22. The van der Waals surface area contributed by atoms with Crippen LogP contribution in [0.2, 0.25) is 0 Å². The summed E-state index contributed by atoms with van der Waals surface area (Å²) in [5.41, 5.74) is 3.53. The number of nitrogens with one attached hydrogen (secondary N) is 2. The van der Waals surface area contributed by atoms with Crippen molar-refractivity contribution >= 4 is 29.0 Å². The standard InChI is InChI=1S/C23H27N5O/c1-5-20(17-9-7-6-8-10-17)22(29)25-18-11-13-19(14-12-18)26-23-24-16(2)15-21(27-23)28(3)4/h6-15,20H,5H2,1-4H3,(H,25,29)(H,24,26,27)/t20-/m1/s1. The predicted molar refractivity (Wildman–Crippen MR) is 119 cm³/mol. The van der Waals surface area contributed by atoms with Crippen LogP contribution in [0.5, 0.6) is 0 Å². The van der Waals surface area contributed by atoms with Crippen LogP contribution < -0.4 is 15.5 Å². The summed E-state index contributed by atoms with van der Waals surface area (Å²) in [4.78, 5) is 23.6. The SMILES string of the molecule is CC[C@@H](C(=O)Nc1ccc(Nc2nc(C)cc(N(C)C)n2)cc1)c1ccccc1. The van der Waals surface area contributed by atoms with Crippen LogP contribution in [0.3, 0.4) is 0 Å². The van der Waals surface area contributed by atoms with Crippen molar-refractivity contribution in [3.8, 4) is 0 Å². The molecule has 0 aliphatic carbocycles. The summed E-state index contributed by atoms with van der Waals surface area (Å²) < 4.78 is 0. The number of hydrogen-bond acceptors (Lipinski definition) is 5. The van der Waals surface area contributed by atoms with Crippen LogP contribution in [0.25, 0.3) is 0 Å². The lowest BCUT2D eigenvalue weighted by Crippen LogP contribution is -2.20. The highest BCUT2D eigenvalue weighted by Gasteiger charge is 2.18. The molecule has 2 N–H and O–H groups in total. The molecule has 150 valence electrons. The van der Waals surface area contributed by atoms with E-state index in [0.29, 0.717) is 5.95 Å². The normalized spacial score (nSPS) is 11.6. The largest absolute Gasteiger partial charge is 0.363 e. The van der Waals surface area contributed by atoms with E-state index in [1.165, 1.54) is 0 Å². The van der Waals surface area contributed by atoms with Crippen LogP contribution in [-0.2, 0) is 4.79 Å². The lowest BCUT2D eigenvalue weighted by molar-refractivity contribution is -0.117. The third kappa shape index (κ3) is 5.31. The van der Waals surface area contributed by atoms with Crippen LogP contribution >= 0.6 is 0 Å². The second-order valence-corrected chi connectivity index (χ2v) is 7.15. The zero-order valence-electron chi connectivity index (χ0n) is 17.3. The minimum absolute atomic E-state index is 0.00273. The topological polar surface area (TPSA) is 70.2 Å². The van der Waals surface area contributed by atoms with E-state index in [9.17, 15) is 4.79 Å². The number of aryl methyl sites for hydroxylation is 1. The molecule has 0 saturated heterocycles. The molecule has 29 heavy (non-hydrogen) atoms. The molecule has 1 heterocycles. The Morgan fingerprint density at radius 3 is 2.28 bits per heavy atom. The van der Waals surface area contributed by atoms with Crippen molar-refractivity contribution in [2.24, 2.45) is 0 Å². The first kappa shape index (κ1) is 20.3. The number of anilines is 4. The van der Waals surface area contributed by atoms with Gasteiger partial charge in [0.25, 0.3) is 0 Å². The van der Waals surface area contributed by atoms with Crippen molar-refractivity contribution in [1.29, 1.82) is 0 Å². The number of nitrogens with zero attached hydrogens (tertiary/aromatic N) is 3. The number of carbonyl (C=O) groups is 1. The highest BCUT2D eigenvalue weighted by Crippen LogP contribution is 2.23. The van der Waals surface area contributed by atoms with Gasteiger partial charge in [0.15, 0.2) is 0 Å². The van der Waals surface area contributed by atoms with Gasteiger partial charge in [-0.25, -0.2) is 4.98 Å². The first-order chi connectivity index (χ1) is 14.0. The van der Waals surface area contributed by atoms with Crippen LogP contribution in [0.4, 0.5) is 23.1 Å². The molecule has 0 fully saturated rings. The fourth-order valence-corrected chi connectivity index (χ4v) is 3.09. The molecule has 2 aromatic carbocycles. The van der Waals surface area contributed by atoms with Gasteiger partial charge in [-0.3, -0.25) is 4.79 Å². The lowest BCUT2D eigenvalue weighted by atomic mass is 9.95. The van der Waals surface area contributed by atoms with E-state index in [2.05, 4.69) is 20.6 Å². The van der Waals surface area contributed by atoms with Gasteiger partial charge >= 0.3 is 0 Å². The van der Waals surface area contributed by atoms with Gasteiger partial charge in [0.05, 0.1) is 5.92 Å². The van der Waals surface area contributed by atoms with Gasteiger partial charge in [-0.15, -0.1) is 0 Å². The second-order valence-electron chi connectivity index (χ2n) is 7.15. The van der Waals surface area contributed by atoms with Crippen LogP contribution in [0.1, 0.15) is 30.5 Å². The number of aromatic nitrogens is 2. The van der Waals surface area contributed by atoms with Crippen LogP contribution in [0, 0.1) is 6.92 Å². The summed E-state index contributed by atoms with van der Waals surface area (Å²) in [6.45, 7) is 3.96. The molecule has 6 heteroatoms. The molecule has 0 aliphatic heterocycles. The fraction of sp³-hybridized carbons (Fsp3) is 0.261. The second kappa shape index (κ2) is 9.19. The zero-order chi connectivity index (χ0) is 20.8. The number of hydrogen-bond donors (Lipinski definition) is 2. The fourth-order valence-electron chi connectivity index (χ4n) is 3.09. The maximum absolute atomic E-state index is 12.7. The highest BCUT2D eigenvalue weighted by atomic mass is 16.1. The summed E-state index contributed by atoms with van der Waals surface area (Å²) in [6.07, 6.45) is 0.744. The van der Waals surface area contributed by atoms with Crippen LogP contribution in [-0.4, -0.2) is 30.0 Å². The van der Waals surface area contributed by atoms with Gasteiger partial charge in [-0.2, -0.15) is 4.98 Å². The Hall–Kier alpha value is -3.41. The summed E-state index contributed by atoms with van der Waals surface area (Å²) in [7, 11) is 3.89. The number of amides is 1. The first-order valence-electron chi connectivity index (χ1n) is 9.72. The maximum Gasteiger partial charge on any atom is 0.231 e. The molecule has 1 atom stereocenters. The third-order valence-corrected chi connectivity index (χ3v) is 4.63. The molecule has 3 rings (SSSR count). The molecule has 0 unspecified atom stereocenters. The van der Waals surface area contributed by atoms with Gasteiger partial charge in [0.2, 0.25) is 11.9 Å². The van der Waals surface area contributed by atoms with E-state index in [-0.39, 0.29) is 11.8 Å². The Bertz CT molecular complexity index is 955. The van der Waals surface area contributed by atoms with Crippen molar-refractivity contribution in [3.05, 3.63) is 71.9 Å². The number of rotatable bonds is 7. The predicted octanol–water partition coefficient (Wildman–Crippen LogP) is 4.73. The molecule has 0 bridgehead atoms. The summed E-state index contributed by atoms with van der Waals surface area (Å²) >= 11 is 0. The van der Waals surface area contributed by atoms with Crippen molar-refractivity contribution in [2.75, 3.05) is 29.6 Å². The van der Waals surface area contributed by atoms with E-state index in [0.717, 1.165) is 34.9 Å². The molecule has 0 radical (unpaired) electrons.